The molecule has 1 aromatic rings. The molecule has 2 rings (SSSR count). The third-order valence-corrected chi connectivity index (χ3v) is 3.79. The van der Waals surface area contributed by atoms with Gasteiger partial charge in [-0.1, -0.05) is 6.07 Å². The van der Waals surface area contributed by atoms with Crippen molar-refractivity contribution in [3.8, 4) is 11.5 Å². The minimum absolute atomic E-state index is 0.215. The summed E-state index contributed by atoms with van der Waals surface area (Å²) in [6, 6.07) is 5.25. The molecule has 120 valence electrons. The summed E-state index contributed by atoms with van der Waals surface area (Å²) in [5.41, 5.74) is 0.876. The molecule has 0 heterocycles. The molecule has 0 bridgehead atoms. The molecule has 6 nitrogen and oxygen atoms in total. The molecule has 0 spiro atoms. The molecule has 1 saturated carbocycles. The van der Waals surface area contributed by atoms with Gasteiger partial charge in [0.1, 0.15) is 0 Å². The molecule has 6 heteroatoms. The summed E-state index contributed by atoms with van der Waals surface area (Å²) in [5.74, 6) is -0.814. The molecule has 0 saturated heterocycles. The predicted octanol–water partition coefficient (Wildman–Crippen LogP) is 1.99. The van der Waals surface area contributed by atoms with E-state index in [1.165, 1.54) is 0 Å². The van der Waals surface area contributed by atoms with Gasteiger partial charge in [0.25, 0.3) is 0 Å². The number of aliphatic carboxylic acids is 1. The number of rotatable bonds is 7. The average molecular weight is 307 g/mol. The van der Waals surface area contributed by atoms with Crippen LogP contribution in [0.25, 0.3) is 0 Å². The first kappa shape index (κ1) is 16.1. The molecular weight excluding hydrogens is 286 g/mol. The van der Waals surface area contributed by atoms with Crippen LogP contribution in [-0.2, 0) is 9.59 Å². The molecular formula is C16H21NO5. The zero-order valence-electron chi connectivity index (χ0n) is 13.0. The van der Waals surface area contributed by atoms with Crippen LogP contribution in [-0.4, -0.2) is 30.7 Å². The molecule has 0 radical (unpaired) electrons. The highest BCUT2D eigenvalue weighted by Crippen LogP contribution is 2.39. The highest BCUT2D eigenvalue weighted by molar-refractivity contribution is 5.89. The first-order valence-corrected chi connectivity index (χ1v) is 7.31. The number of methoxy groups -OCH3 is 1. The lowest BCUT2D eigenvalue weighted by Gasteiger charge is -2.17. The van der Waals surface area contributed by atoms with E-state index in [9.17, 15) is 9.59 Å². The monoisotopic (exact) mass is 307 g/mol. The maximum atomic E-state index is 12.0. The first-order valence-electron chi connectivity index (χ1n) is 7.31. The standard InChI is InChI=1S/C16H21NO5/c1-4-22-13-6-5-10(7-14(13)21-3)9(2)17-15(18)11-8-12(11)16(19)20/h5-7,9,11-12H,4,8H2,1-3H3,(H,17,18)(H,19,20). The molecule has 1 aliphatic rings. The number of benzene rings is 1. The molecule has 3 atom stereocenters. The van der Waals surface area contributed by atoms with E-state index in [1.54, 1.807) is 13.2 Å². The zero-order chi connectivity index (χ0) is 16.3. The average Bonchev–Trinajstić information content (AvgIpc) is 3.28. The summed E-state index contributed by atoms with van der Waals surface area (Å²) >= 11 is 0. The number of carboxylic acid groups (broad SMARTS) is 1. The second-order valence-corrected chi connectivity index (χ2v) is 5.36. The van der Waals surface area contributed by atoms with Gasteiger partial charge < -0.3 is 19.9 Å². The fraction of sp³-hybridized carbons (Fsp3) is 0.500. The number of ether oxygens (including phenoxy) is 2. The lowest BCUT2D eigenvalue weighted by molar-refractivity contribution is -0.140. The molecule has 3 unspecified atom stereocenters. The molecule has 1 aromatic carbocycles. The SMILES string of the molecule is CCOc1ccc(C(C)NC(=O)C2CC2C(=O)O)cc1OC. The van der Waals surface area contributed by atoms with Gasteiger partial charge in [-0.15, -0.1) is 0 Å². The maximum absolute atomic E-state index is 12.0. The van der Waals surface area contributed by atoms with Crippen LogP contribution in [0, 0.1) is 11.8 Å². The van der Waals surface area contributed by atoms with Crippen molar-refractivity contribution in [3.05, 3.63) is 23.8 Å². The number of hydrogen-bond acceptors (Lipinski definition) is 4. The van der Waals surface area contributed by atoms with Gasteiger partial charge in [0.05, 0.1) is 31.6 Å². The van der Waals surface area contributed by atoms with Crippen molar-refractivity contribution in [1.82, 2.24) is 5.32 Å². The third kappa shape index (κ3) is 3.50. The van der Waals surface area contributed by atoms with Crippen molar-refractivity contribution in [3.63, 3.8) is 0 Å². The number of nitrogens with one attached hydrogen (secondary N) is 1. The Morgan fingerprint density at radius 2 is 2.09 bits per heavy atom. The van der Waals surface area contributed by atoms with Gasteiger partial charge in [-0.2, -0.15) is 0 Å². The van der Waals surface area contributed by atoms with Crippen molar-refractivity contribution in [1.29, 1.82) is 0 Å². The smallest absolute Gasteiger partial charge is 0.307 e. The summed E-state index contributed by atoms with van der Waals surface area (Å²) in [6.07, 6.45) is 0.417. The van der Waals surface area contributed by atoms with Crippen LogP contribution in [0.5, 0.6) is 11.5 Å². The Bertz CT molecular complexity index is 572. The summed E-state index contributed by atoms with van der Waals surface area (Å²) in [4.78, 5) is 22.8. The van der Waals surface area contributed by atoms with Crippen molar-refractivity contribution < 1.29 is 24.2 Å². The Hall–Kier alpha value is -2.24. The van der Waals surface area contributed by atoms with Crippen LogP contribution < -0.4 is 14.8 Å². The van der Waals surface area contributed by atoms with Gasteiger partial charge in [0.15, 0.2) is 11.5 Å². The van der Waals surface area contributed by atoms with Crippen LogP contribution in [0.1, 0.15) is 31.9 Å². The molecule has 1 aliphatic carbocycles. The van der Waals surface area contributed by atoms with Crippen molar-refractivity contribution in [2.45, 2.75) is 26.3 Å². The number of hydrogen-bond donors (Lipinski definition) is 2. The second-order valence-electron chi connectivity index (χ2n) is 5.36. The lowest BCUT2D eigenvalue weighted by Crippen LogP contribution is -2.29. The largest absolute Gasteiger partial charge is 0.493 e. The predicted molar refractivity (Wildman–Crippen MR) is 80.0 cm³/mol. The Kier molecular flexibility index (Phi) is 4.90. The summed E-state index contributed by atoms with van der Waals surface area (Å²) in [7, 11) is 1.56. The number of carboxylic acids is 1. The topological polar surface area (TPSA) is 84.9 Å². The molecule has 1 fully saturated rings. The van der Waals surface area contributed by atoms with Crippen molar-refractivity contribution in [2.75, 3.05) is 13.7 Å². The molecule has 0 aliphatic heterocycles. The van der Waals surface area contributed by atoms with Gasteiger partial charge >= 0.3 is 5.97 Å². The highest BCUT2D eigenvalue weighted by atomic mass is 16.5. The van der Waals surface area contributed by atoms with Gasteiger partial charge in [-0.05, 0) is 38.0 Å². The third-order valence-electron chi connectivity index (χ3n) is 3.79. The van der Waals surface area contributed by atoms with E-state index in [1.807, 2.05) is 26.0 Å². The maximum Gasteiger partial charge on any atom is 0.307 e. The van der Waals surface area contributed by atoms with E-state index in [2.05, 4.69) is 5.32 Å². The number of carbonyl (C=O) groups excluding carboxylic acids is 1. The summed E-state index contributed by atoms with van der Waals surface area (Å²) < 4.78 is 10.7. The Morgan fingerprint density at radius 3 is 2.64 bits per heavy atom. The highest BCUT2D eigenvalue weighted by Gasteiger charge is 2.48. The summed E-state index contributed by atoms with van der Waals surface area (Å²) in [6.45, 7) is 4.29. The van der Waals surface area contributed by atoms with E-state index < -0.39 is 17.8 Å². The Balaban J connectivity index is 2.02. The first-order chi connectivity index (χ1) is 10.5. The van der Waals surface area contributed by atoms with Crippen molar-refractivity contribution >= 4 is 11.9 Å². The van der Waals surface area contributed by atoms with E-state index in [0.717, 1.165) is 5.56 Å². The van der Waals surface area contributed by atoms with Crippen LogP contribution in [0.3, 0.4) is 0 Å². The number of amides is 1. The number of carbonyl (C=O) groups is 2. The minimum Gasteiger partial charge on any atom is -0.493 e. The fourth-order valence-corrected chi connectivity index (χ4v) is 2.39. The zero-order valence-corrected chi connectivity index (χ0v) is 13.0. The van der Waals surface area contributed by atoms with E-state index in [-0.39, 0.29) is 11.9 Å². The van der Waals surface area contributed by atoms with Crippen LogP contribution >= 0.6 is 0 Å². The minimum atomic E-state index is -0.907. The quantitative estimate of drug-likeness (QED) is 0.804. The van der Waals surface area contributed by atoms with Crippen LogP contribution in [0.4, 0.5) is 0 Å². The molecule has 2 N–H and O–H groups in total. The van der Waals surface area contributed by atoms with E-state index in [4.69, 9.17) is 14.6 Å². The van der Waals surface area contributed by atoms with Crippen LogP contribution in [0.2, 0.25) is 0 Å². The van der Waals surface area contributed by atoms with Gasteiger partial charge in [0, 0.05) is 0 Å². The lowest BCUT2D eigenvalue weighted by atomic mass is 10.1. The van der Waals surface area contributed by atoms with Gasteiger partial charge in [0.2, 0.25) is 5.91 Å². The van der Waals surface area contributed by atoms with Gasteiger partial charge in [-0.25, -0.2) is 0 Å². The fourth-order valence-electron chi connectivity index (χ4n) is 2.39. The summed E-state index contributed by atoms with van der Waals surface area (Å²) in [5, 5.41) is 11.7. The normalized spacial score (nSPS) is 20.9. The van der Waals surface area contributed by atoms with Crippen molar-refractivity contribution in [2.24, 2.45) is 11.8 Å². The van der Waals surface area contributed by atoms with Crippen LogP contribution in [0.15, 0.2) is 18.2 Å². The Morgan fingerprint density at radius 1 is 1.36 bits per heavy atom. The molecule has 0 aromatic heterocycles. The molecule has 22 heavy (non-hydrogen) atoms. The van der Waals surface area contributed by atoms with Gasteiger partial charge in [-0.3, -0.25) is 9.59 Å². The second kappa shape index (κ2) is 6.68. The molecule has 1 amide bonds. The Labute approximate surface area is 129 Å². The van der Waals surface area contributed by atoms with E-state index in [0.29, 0.717) is 24.5 Å². The van der Waals surface area contributed by atoms with E-state index >= 15 is 0 Å².